The second kappa shape index (κ2) is 3.75. The van der Waals surface area contributed by atoms with Crippen LogP contribution in [-0.4, -0.2) is 43.9 Å². The highest BCUT2D eigenvalue weighted by molar-refractivity contribution is 4.60. The monoisotopic (exact) mass is 174 g/mol. The first-order valence-corrected chi connectivity index (χ1v) is 4.58. The third-order valence-electron chi connectivity index (χ3n) is 2.08. The van der Waals surface area contributed by atoms with Crippen LogP contribution in [0, 0.1) is 0 Å². The fourth-order valence-corrected chi connectivity index (χ4v) is 0.594. The number of ether oxygens (including phenoxy) is 1. The van der Waals surface area contributed by atoms with Crippen molar-refractivity contribution in [3.8, 4) is 0 Å². The van der Waals surface area contributed by atoms with Crippen LogP contribution in [0.1, 0.15) is 27.7 Å². The Kier molecular flexibility index (Phi) is 3.73. The summed E-state index contributed by atoms with van der Waals surface area (Å²) in [6.07, 6.45) is 0. The lowest BCUT2D eigenvalue weighted by molar-refractivity contribution is -0.894. The van der Waals surface area contributed by atoms with Crippen LogP contribution in [0.4, 0.5) is 0 Å². The molecule has 74 valence electrons. The van der Waals surface area contributed by atoms with Crippen molar-refractivity contribution >= 4 is 0 Å². The average Bonchev–Trinajstić information content (AvgIpc) is 1.78. The smallest absolute Gasteiger partial charge is 0.109 e. The Bertz CT molecular complexity index is 130. The van der Waals surface area contributed by atoms with E-state index in [9.17, 15) is 0 Å². The summed E-state index contributed by atoms with van der Waals surface area (Å²) in [5.41, 5.74) is -0.0105. The molecule has 0 aromatic carbocycles. The molecular weight excluding hydrogens is 150 g/mol. The van der Waals surface area contributed by atoms with Gasteiger partial charge in [0.05, 0.1) is 33.4 Å². The average molecular weight is 174 g/mol. The largest absolute Gasteiger partial charge is 0.370 e. The minimum absolute atomic E-state index is 0.0105. The molecule has 0 aliphatic heterocycles. The molecule has 2 heteroatoms. The van der Waals surface area contributed by atoms with Crippen LogP contribution < -0.4 is 0 Å². The quantitative estimate of drug-likeness (QED) is 0.594. The summed E-state index contributed by atoms with van der Waals surface area (Å²) in [5.74, 6) is 0. The summed E-state index contributed by atoms with van der Waals surface area (Å²) in [7, 11) is 6.57. The van der Waals surface area contributed by atoms with E-state index in [2.05, 4.69) is 48.8 Å². The summed E-state index contributed by atoms with van der Waals surface area (Å²) in [6, 6.07) is 0.546. The van der Waals surface area contributed by atoms with Gasteiger partial charge in [0.2, 0.25) is 0 Å². The summed E-state index contributed by atoms with van der Waals surface area (Å²) < 4.78 is 6.66. The van der Waals surface area contributed by atoms with Gasteiger partial charge < -0.3 is 9.22 Å². The Balaban J connectivity index is 3.80. The van der Waals surface area contributed by atoms with E-state index in [0.717, 1.165) is 11.1 Å². The molecule has 2 nitrogen and oxygen atoms in total. The predicted molar refractivity (Wildman–Crippen MR) is 53.2 cm³/mol. The van der Waals surface area contributed by atoms with Gasteiger partial charge in [-0.15, -0.1) is 0 Å². The van der Waals surface area contributed by atoms with Crippen molar-refractivity contribution in [2.24, 2.45) is 0 Å². The highest BCUT2D eigenvalue weighted by Gasteiger charge is 2.21. The van der Waals surface area contributed by atoms with Gasteiger partial charge in [0.25, 0.3) is 0 Å². The van der Waals surface area contributed by atoms with Gasteiger partial charge >= 0.3 is 0 Å². The van der Waals surface area contributed by atoms with Crippen molar-refractivity contribution in [2.75, 3.05) is 27.7 Å². The zero-order valence-electron chi connectivity index (χ0n) is 9.64. The third kappa shape index (κ3) is 5.56. The molecule has 0 aromatic heterocycles. The van der Waals surface area contributed by atoms with Crippen LogP contribution in [0.5, 0.6) is 0 Å². The maximum absolute atomic E-state index is 5.70. The Morgan fingerprint density at radius 3 is 1.83 bits per heavy atom. The van der Waals surface area contributed by atoms with Gasteiger partial charge in [-0.05, 0) is 27.7 Å². The molecular formula is C10H24NO+. The van der Waals surface area contributed by atoms with Gasteiger partial charge in [0.1, 0.15) is 6.04 Å². The molecule has 0 saturated carbocycles. The molecule has 0 saturated heterocycles. The summed E-state index contributed by atoms with van der Waals surface area (Å²) in [4.78, 5) is 0. The SMILES string of the molecule is CC(COC(C)(C)C)[N+](C)(C)C. The molecule has 0 rings (SSSR count). The molecule has 0 heterocycles. The number of rotatable bonds is 3. The minimum Gasteiger partial charge on any atom is -0.370 e. The van der Waals surface area contributed by atoms with Crippen LogP contribution in [0.2, 0.25) is 0 Å². The zero-order chi connectivity index (χ0) is 9.99. The van der Waals surface area contributed by atoms with Crippen LogP contribution in [0.25, 0.3) is 0 Å². The maximum Gasteiger partial charge on any atom is 0.109 e. The Morgan fingerprint density at radius 1 is 1.17 bits per heavy atom. The predicted octanol–water partition coefficient (Wildman–Crippen LogP) is 1.90. The number of hydrogen-bond acceptors (Lipinski definition) is 1. The standard InChI is InChI=1S/C10H24NO/c1-9(11(5,6)7)8-12-10(2,3)4/h9H,8H2,1-7H3/q+1. The van der Waals surface area contributed by atoms with E-state index in [0.29, 0.717) is 6.04 Å². The molecule has 1 unspecified atom stereocenters. The van der Waals surface area contributed by atoms with Crippen molar-refractivity contribution in [1.29, 1.82) is 0 Å². The van der Waals surface area contributed by atoms with Crippen molar-refractivity contribution in [1.82, 2.24) is 0 Å². The lowest BCUT2D eigenvalue weighted by atomic mass is 10.2. The Morgan fingerprint density at radius 2 is 1.58 bits per heavy atom. The normalized spacial score (nSPS) is 16.2. The third-order valence-corrected chi connectivity index (χ3v) is 2.08. The Labute approximate surface area is 77.1 Å². The second-order valence-corrected chi connectivity index (χ2v) is 5.39. The molecule has 0 N–H and O–H groups in total. The Hall–Kier alpha value is -0.0800. The zero-order valence-corrected chi connectivity index (χ0v) is 9.64. The summed E-state index contributed by atoms with van der Waals surface area (Å²) in [6.45, 7) is 9.32. The van der Waals surface area contributed by atoms with Gasteiger partial charge in [-0.3, -0.25) is 0 Å². The molecule has 1 atom stereocenters. The summed E-state index contributed by atoms with van der Waals surface area (Å²) in [5, 5.41) is 0. The van der Waals surface area contributed by atoms with Crippen LogP contribution in [-0.2, 0) is 4.74 Å². The second-order valence-electron chi connectivity index (χ2n) is 5.39. The van der Waals surface area contributed by atoms with Gasteiger partial charge in [-0.25, -0.2) is 0 Å². The van der Waals surface area contributed by atoms with E-state index in [1.165, 1.54) is 0 Å². The molecule has 0 radical (unpaired) electrons. The first-order chi connectivity index (χ1) is 5.13. The highest BCUT2D eigenvalue weighted by atomic mass is 16.5. The first kappa shape index (κ1) is 11.9. The molecule has 0 amide bonds. The van der Waals surface area contributed by atoms with Crippen LogP contribution >= 0.6 is 0 Å². The lowest BCUT2D eigenvalue weighted by Crippen LogP contribution is -2.46. The van der Waals surface area contributed by atoms with E-state index in [1.807, 2.05) is 0 Å². The fraction of sp³-hybridized carbons (Fsp3) is 1.00. The molecule has 0 aliphatic carbocycles. The lowest BCUT2D eigenvalue weighted by Gasteiger charge is -2.33. The van der Waals surface area contributed by atoms with Gasteiger partial charge in [0.15, 0.2) is 0 Å². The van der Waals surface area contributed by atoms with E-state index in [-0.39, 0.29) is 5.60 Å². The minimum atomic E-state index is -0.0105. The molecule has 0 fully saturated rings. The number of nitrogens with zero attached hydrogens (tertiary/aromatic N) is 1. The van der Waals surface area contributed by atoms with Crippen molar-refractivity contribution in [3.05, 3.63) is 0 Å². The van der Waals surface area contributed by atoms with Crippen molar-refractivity contribution < 1.29 is 9.22 Å². The van der Waals surface area contributed by atoms with E-state index in [1.54, 1.807) is 0 Å². The summed E-state index contributed by atoms with van der Waals surface area (Å²) >= 11 is 0. The van der Waals surface area contributed by atoms with Gasteiger partial charge in [-0.1, -0.05) is 0 Å². The first-order valence-electron chi connectivity index (χ1n) is 4.58. The molecule has 0 bridgehead atoms. The topological polar surface area (TPSA) is 9.23 Å². The van der Waals surface area contributed by atoms with Gasteiger partial charge in [-0.2, -0.15) is 0 Å². The van der Waals surface area contributed by atoms with Crippen molar-refractivity contribution in [3.63, 3.8) is 0 Å². The number of hydrogen-bond donors (Lipinski definition) is 0. The van der Waals surface area contributed by atoms with Crippen LogP contribution in [0.3, 0.4) is 0 Å². The van der Waals surface area contributed by atoms with Crippen molar-refractivity contribution in [2.45, 2.75) is 39.3 Å². The molecule has 0 aliphatic rings. The van der Waals surface area contributed by atoms with E-state index >= 15 is 0 Å². The number of likely N-dealkylation sites (N-methyl/N-ethyl adjacent to an activating group) is 1. The molecule has 0 aromatic rings. The number of quaternary nitrogens is 1. The molecule has 0 spiro atoms. The van der Waals surface area contributed by atoms with Gasteiger partial charge in [0, 0.05) is 0 Å². The maximum atomic E-state index is 5.70. The fourth-order valence-electron chi connectivity index (χ4n) is 0.594. The highest BCUT2D eigenvalue weighted by Crippen LogP contribution is 2.10. The van der Waals surface area contributed by atoms with E-state index in [4.69, 9.17) is 4.74 Å². The molecule has 12 heavy (non-hydrogen) atoms. The van der Waals surface area contributed by atoms with E-state index < -0.39 is 0 Å². The van der Waals surface area contributed by atoms with Crippen LogP contribution in [0.15, 0.2) is 0 Å².